The summed E-state index contributed by atoms with van der Waals surface area (Å²) >= 11 is 0. The van der Waals surface area contributed by atoms with Gasteiger partial charge in [0, 0.05) is 7.85 Å². The van der Waals surface area contributed by atoms with Crippen molar-refractivity contribution in [1.82, 2.24) is 0 Å². The van der Waals surface area contributed by atoms with Crippen LogP contribution in [-0.2, 0) is 4.79 Å². The van der Waals surface area contributed by atoms with E-state index in [2.05, 4.69) is 13.2 Å². The normalized spacial score (nSPS) is 12.3. The minimum atomic E-state index is 0. The van der Waals surface area contributed by atoms with Crippen molar-refractivity contribution in [2.75, 3.05) is 0 Å². The maximum Gasteiger partial charge on any atom is 0.158 e. The molecule has 1 nitrogen and oxygen atoms in total. The van der Waals surface area contributed by atoms with E-state index in [1.54, 1.807) is 6.92 Å². The van der Waals surface area contributed by atoms with Gasteiger partial charge in [0.2, 0.25) is 0 Å². The van der Waals surface area contributed by atoms with E-state index in [1.807, 2.05) is 13.8 Å². The van der Waals surface area contributed by atoms with Gasteiger partial charge in [-0.1, -0.05) is 25.7 Å². The van der Waals surface area contributed by atoms with Gasteiger partial charge in [-0.2, -0.15) is 0 Å². The maximum absolute atomic E-state index is 11.1. The van der Waals surface area contributed by atoms with Gasteiger partial charge in [-0.25, -0.2) is 0 Å². The predicted octanol–water partition coefficient (Wildman–Crippen LogP) is 2.98. The van der Waals surface area contributed by atoms with Gasteiger partial charge in [0.05, 0.1) is 0 Å². The monoisotopic (exact) mass is 154 g/mol. The van der Waals surface area contributed by atoms with Crippen molar-refractivity contribution in [3.05, 3.63) is 24.3 Å². The number of hydrogen-bond donors (Lipinski definition) is 0. The average Bonchev–Trinajstić information content (AvgIpc) is 1.87. The number of carbonyl (C=O) groups excluding carboxylic acids is 1. The smallest absolute Gasteiger partial charge is 0.158 e. The molecule has 1 heteroatoms. The maximum atomic E-state index is 11.1. The Morgan fingerprint density at radius 1 is 1.45 bits per heavy atom. The fraction of sp³-hybridized carbons (Fsp3) is 0.500. The van der Waals surface area contributed by atoms with Crippen molar-refractivity contribution < 1.29 is 6.22 Å². The first-order valence-electron chi connectivity index (χ1n) is 3.79. The lowest BCUT2D eigenvalue weighted by Crippen LogP contribution is -2.06. The Hall–Kier alpha value is -0.850. The van der Waals surface area contributed by atoms with E-state index < -0.39 is 0 Å². The molecule has 0 spiro atoms. The largest absolute Gasteiger partial charge is 0.295 e. The Morgan fingerprint density at radius 2 is 1.91 bits per heavy atom. The molecule has 0 bridgehead atoms. The van der Waals surface area contributed by atoms with Crippen LogP contribution >= 0.6 is 0 Å². The van der Waals surface area contributed by atoms with Crippen molar-refractivity contribution in [3.63, 3.8) is 0 Å². The molecule has 0 N–H and O–H groups in total. The zero-order valence-corrected chi connectivity index (χ0v) is 7.61. The third-order valence-electron chi connectivity index (χ3n) is 1.81. The molecule has 11 heavy (non-hydrogen) atoms. The van der Waals surface area contributed by atoms with Crippen molar-refractivity contribution in [3.8, 4) is 0 Å². The Balaban J connectivity index is 0. The highest BCUT2D eigenvalue weighted by atomic mass is 16.1. The fourth-order valence-corrected chi connectivity index (χ4v) is 0.627. The van der Waals surface area contributed by atoms with Crippen LogP contribution in [0.3, 0.4) is 0 Å². The Kier molecular flexibility index (Phi) is 3.80. The second kappa shape index (κ2) is 4.12. The number of Topliss-reactive ketones (excluding diaryl/α,β-unsaturated/α-hetero) is 1. The first-order chi connectivity index (χ1) is 4.95. The molecule has 0 radical (unpaired) electrons. The lowest BCUT2D eigenvalue weighted by Gasteiger charge is -2.08. The van der Waals surface area contributed by atoms with Gasteiger partial charge in [0.15, 0.2) is 5.78 Å². The molecule has 0 aromatic rings. The van der Waals surface area contributed by atoms with E-state index in [0.29, 0.717) is 12.0 Å². The van der Waals surface area contributed by atoms with E-state index in [4.69, 9.17) is 0 Å². The van der Waals surface area contributed by atoms with Crippen molar-refractivity contribution in [2.45, 2.75) is 27.2 Å². The molecule has 0 amide bonds. The summed E-state index contributed by atoms with van der Waals surface area (Å²) in [5.41, 5.74) is 1.69. The first-order valence-corrected chi connectivity index (χ1v) is 3.79. The summed E-state index contributed by atoms with van der Waals surface area (Å²) < 4.78 is 0. The average molecular weight is 154 g/mol. The van der Waals surface area contributed by atoms with E-state index in [0.717, 1.165) is 5.57 Å². The van der Waals surface area contributed by atoms with Crippen LogP contribution in [0.2, 0.25) is 0 Å². The lowest BCUT2D eigenvalue weighted by atomic mass is 9.96. The summed E-state index contributed by atoms with van der Waals surface area (Å²) in [6.07, 6.45) is 0.546. The van der Waals surface area contributed by atoms with Crippen LogP contribution in [-0.4, -0.2) is 5.78 Å². The summed E-state index contributed by atoms with van der Waals surface area (Å²) in [5.74, 6) is 0.416. The van der Waals surface area contributed by atoms with Crippen LogP contribution in [0.25, 0.3) is 0 Å². The van der Waals surface area contributed by atoms with Gasteiger partial charge in [0.1, 0.15) is 0 Å². The molecule has 0 aromatic carbocycles. The van der Waals surface area contributed by atoms with Gasteiger partial charge in [0.25, 0.3) is 0 Å². The zero-order valence-electron chi connectivity index (χ0n) is 7.61. The van der Waals surface area contributed by atoms with Crippen LogP contribution in [0.15, 0.2) is 24.3 Å². The molecular weight excluding hydrogens is 136 g/mol. The predicted molar refractivity (Wildman–Crippen MR) is 50.5 cm³/mol. The molecular formula is C10H18O. The molecule has 0 saturated heterocycles. The standard InChI is InChI=1S/C10H16O.H2/c1-7(2)9(5)6-10(11)8(3)4;/h9H,1,3,6H2,2,4-5H3;1H/t9-;/m1./s1. The number of ketones is 1. The lowest BCUT2D eigenvalue weighted by molar-refractivity contribution is -0.116. The van der Waals surface area contributed by atoms with Crippen LogP contribution in [0.5, 0.6) is 0 Å². The van der Waals surface area contributed by atoms with E-state index in [9.17, 15) is 4.79 Å². The van der Waals surface area contributed by atoms with E-state index in [1.165, 1.54) is 0 Å². The summed E-state index contributed by atoms with van der Waals surface area (Å²) in [6, 6.07) is 0. The molecule has 0 aromatic heterocycles. The van der Waals surface area contributed by atoms with Crippen molar-refractivity contribution in [2.24, 2.45) is 5.92 Å². The summed E-state index contributed by atoms with van der Waals surface area (Å²) in [6.45, 7) is 13.1. The Morgan fingerprint density at radius 3 is 2.18 bits per heavy atom. The van der Waals surface area contributed by atoms with E-state index >= 15 is 0 Å². The number of rotatable bonds is 4. The molecule has 0 unspecified atom stereocenters. The highest BCUT2D eigenvalue weighted by molar-refractivity contribution is 5.94. The Bertz CT molecular complexity index is 194. The first kappa shape index (κ1) is 10.2. The summed E-state index contributed by atoms with van der Waals surface area (Å²) in [5, 5.41) is 0. The van der Waals surface area contributed by atoms with Crippen LogP contribution in [0.1, 0.15) is 28.6 Å². The quantitative estimate of drug-likeness (QED) is 0.449. The molecule has 0 saturated carbocycles. The number of carbonyl (C=O) groups is 1. The summed E-state index contributed by atoms with van der Waals surface area (Å²) in [7, 11) is 0. The number of allylic oxidation sites excluding steroid dienone is 2. The van der Waals surface area contributed by atoms with Gasteiger partial charge in [-0.3, -0.25) is 4.79 Å². The van der Waals surface area contributed by atoms with E-state index in [-0.39, 0.29) is 13.1 Å². The third-order valence-corrected chi connectivity index (χ3v) is 1.81. The molecule has 0 rings (SSSR count). The number of hydrogen-bond acceptors (Lipinski definition) is 1. The molecule has 64 valence electrons. The zero-order chi connectivity index (χ0) is 9.02. The van der Waals surface area contributed by atoms with Crippen molar-refractivity contribution in [1.29, 1.82) is 0 Å². The van der Waals surface area contributed by atoms with Crippen LogP contribution in [0.4, 0.5) is 0 Å². The third kappa shape index (κ3) is 3.76. The van der Waals surface area contributed by atoms with Crippen LogP contribution in [0, 0.1) is 5.92 Å². The molecule has 0 aliphatic heterocycles. The molecule has 0 aliphatic rings. The summed E-state index contributed by atoms with van der Waals surface area (Å²) in [4.78, 5) is 11.1. The van der Waals surface area contributed by atoms with Crippen LogP contribution < -0.4 is 0 Å². The van der Waals surface area contributed by atoms with Gasteiger partial charge < -0.3 is 0 Å². The van der Waals surface area contributed by atoms with Crippen molar-refractivity contribution >= 4 is 5.78 Å². The molecule has 0 heterocycles. The van der Waals surface area contributed by atoms with Gasteiger partial charge in [-0.05, 0) is 25.3 Å². The highest BCUT2D eigenvalue weighted by Crippen LogP contribution is 2.13. The second-order valence-corrected chi connectivity index (χ2v) is 3.16. The highest BCUT2D eigenvalue weighted by Gasteiger charge is 2.09. The molecule has 0 aliphatic carbocycles. The Labute approximate surface area is 70.3 Å². The molecule has 1 atom stereocenters. The van der Waals surface area contributed by atoms with Gasteiger partial charge >= 0.3 is 0 Å². The molecule has 0 fully saturated rings. The van der Waals surface area contributed by atoms with Gasteiger partial charge in [-0.15, -0.1) is 0 Å². The minimum absolute atomic E-state index is 0. The second-order valence-electron chi connectivity index (χ2n) is 3.16. The fourth-order valence-electron chi connectivity index (χ4n) is 0.627. The topological polar surface area (TPSA) is 17.1 Å². The SMILES string of the molecule is C=C(C)C(=O)C[C@@H](C)C(=C)C.[HH]. The minimum Gasteiger partial charge on any atom is -0.295 e.